The quantitative estimate of drug-likeness (QED) is 0.528. The Hall–Kier alpha value is -1.28. The van der Waals surface area contributed by atoms with Gasteiger partial charge in [-0.05, 0) is 78.8 Å². The highest BCUT2D eigenvalue weighted by atomic mass is 28.3. The smallest absolute Gasteiger partial charge is 0.412 e. The van der Waals surface area contributed by atoms with E-state index >= 15 is 0 Å². The van der Waals surface area contributed by atoms with Crippen LogP contribution < -0.4 is 0 Å². The highest BCUT2D eigenvalue weighted by Crippen LogP contribution is 2.49. The standard InChI is InChI=1S/C24H46N2O5Si/c1-21(2,3)18-14-24(31-32(10)11,26(16-18)20(28)30-23(7,8)9)17-12-13-25(15-17)19(27)29-22(4,5)6/h17-18,32H,12-16H2,1-11H3/t17?,18-,24-/m0/s1. The van der Waals surface area contributed by atoms with E-state index in [-0.39, 0.29) is 29.4 Å². The summed E-state index contributed by atoms with van der Waals surface area (Å²) in [5, 5.41) is 0. The second-order valence-electron chi connectivity index (χ2n) is 12.8. The molecule has 2 heterocycles. The predicted molar refractivity (Wildman–Crippen MR) is 129 cm³/mol. The fraction of sp³-hybridized carbons (Fsp3) is 0.917. The lowest BCUT2D eigenvalue weighted by molar-refractivity contribution is -0.102. The van der Waals surface area contributed by atoms with Crippen molar-refractivity contribution in [2.24, 2.45) is 17.3 Å². The minimum absolute atomic E-state index is 0.0183. The molecule has 2 fully saturated rings. The molecule has 0 aromatic heterocycles. The van der Waals surface area contributed by atoms with E-state index in [2.05, 4.69) is 33.9 Å². The molecule has 0 saturated carbocycles. The maximum atomic E-state index is 13.4. The van der Waals surface area contributed by atoms with Crippen molar-refractivity contribution < 1.29 is 23.5 Å². The normalized spacial score (nSPS) is 27.2. The van der Waals surface area contributed by atoms with Crippen LogP contribution in [0.2, 0.25) is 13.1 Å². The van der Waals surface area contributed by atoms with Crippen LogP contribution in [0.1, 0.15) is 75.2 Å². The summed E-state index contributed by atoms with van der Waals surface area (Å²) in [7, 11) is -1.52. The summed E-state index contributed by atoms with van der Waals surface area (Å²) in [6, 6.07) is 0. The second-order valence-corrected chi connectivity index (χ2v) is 15.1. The maximum absolute atomic E-state index is 13.4. The molecule has 2 aliphatic heterocycles. The molecular formula is C24H46N2O5Si. The monoisotopic (exact) mass is 470 g/mol. The molecule has 3 atom stereocenters. The number of likely N-dealkylation sites (tertiary alicyclic amines) is 2. The van der Waals surface area contributed by atoms with Gasteiger partial charge in [0, 0.05) is 25.6 Å². The van der Waals surface area contributed by atoms with Crippen molar-refractivity contribution in [2.75, 3.05) is 19.6 Å². The molecule has 0 N–H and O–H groups in total. The number of rotatable bonds is 3. The number of hydrogen-bond acceptors (Lipinski definition) is 5. The number of ether oxygens (including phenoxy) is 2. The Bertz CT molecular complexity index is 692. The largest absolute Gasteiger partial charge is 0.444 e. The molecule has 8 heteroatoms. The van der Waals surface area contributed by atoms with Crippen molar-refractivity contribution in [1.29, 1.82) is 0 Å². The molecule has 0 bridgehead atoms. The highest BCUT2D eigenvalue weighted by Gasteiger charge is 2.58. The number of carbonyl (C=O) groups excluding carboxylic acids is 2. The van der Waals surface area contributed by atoms with Crippen LogP contribution in [-0.2, 0) is 13.9 Å². The van der Waals surface area contributed by atoms with E-state index in [1.807, 2.05) is 46.4 Å². The third-order valence-electron chi connectivity index (χ3n) is 6.15. The van der Waals surface area contributed by atoms with Crippen LogP contribution in [0.15, 0.2) is 0 Å². The van der Waals surface area contributed by atoms with Gasteiger partial charge in [0.05, 0.1) is 0 Å². The van der Waals surface area contributed by atoms with Gasteiger partial charge in [0.2, 0.25) is 0 Å². The van der Waals surface area contributed by atoms with Crippen molar-refractivity contribution >= 4 is 21.2 Å². The Labute approximate surface area is 196 Å². The van der Waals surface area contributed by atoms with Crippen molar-refractivity contribution in [3.8, 4) is 0 Å². The summed E-state index contributed by atoms with van der Waals surface area (Å²) in [6.45, 7) is 24.0. The zero-order chi connectivity index (χ0) is 24.7. The molecule has 2 rings (SSSR count). The fourth-order valence-corrected chi connectivity index (χ4v) is 5.88. The van der Waals surface area contributed by atoms with Crippen molar-refractivity contribution in [1.82, 2.24) is 9.80 Å². The lowest BCUT2D eigenvalue weighted by Crippen LogP contribution is -2.57. The van der Waals surface area contributed by atoms with Crippen LogP contribution in [0.3, 0.4) is 0 Å². The predicted octanol–water partition coefficient (Wildman–Crippen LogP) is 5.24. The van der Waals surface area contributed by atoms with Crippen LogP contribution in [0.4, 0.5) is 9.59 Å². The molecule has 186 valence electrons. The summed E-state index contributed by atoms with van der Waals surface area (Å²) in [4.78, 5) is 29.8. The number of nitrogens with zero attached hydrogens (tertiary/aromatic N) is 2. The topological polar surface area (TPSA) is 68.3 Å². The molecule has 7 nitrogen and oxygen atoms in total. The molecule has 2 amide bonds. The van der Waals surface area contributed by atoms with Gasteiger partial charge in [0.1, 0.15) is 16.9 Å². The Kier molecular flexibility index (Phi) is 7.72. The first-order valence-corrected chi connectivity index (χ1v) is 14.8. The van der Waals surface area contributed by atoms with Crippen LogP contribution in [0.25, 0.3) is 0 Å². The fourth-order valence-electron chi connectivity index (χ4n) is 4.65. The van der Waals surface area contributed by atoms with Gasteiger partial charge in [0.25, 0.3) is 0 Å². The number of carbonyl (C=O) groups is 2. The van der Waals surface area contributed by atoms with E-state index < -0.39 is 26.0 Å². The van der Waals surface area contributed by atoms with E-state index in [1.165, 1.54) is 0 Å². The SMILES string of the molecule is C[SiH](C)O[C@]1(C2CCN(C(=O)OC(C)(C)C)C2)C[C@H](C(C)(C)C)CN1C(=O)OC(C)(C)C. The van der Waals surface area contributed by atoms with Crippen molar-refractivity contribution in [3.05, 3.63) is 0 Å². The van der Waals surface area contributed by atoms with Gasteiger partial charge in [-0.3, -0.25) is 4.90 Å². The lowest BCUT2D eigenvalue weighted by atomic mass is 9.77. The van der Waals surface area contributed by atoms with E-state index in [0.717, 1.165) is 12.8 Å². The van der Waals surface area contributed by atoms with Gasteiger partial charge in [-0.1, -0.05) is 20.8 Å². The molecule has 0 aromatic carbocycles. The number of amides is 2. The molecule has 0 aromatic rings. The van der Waals surface area contributed by atoms with E-state index in [0.29, 0.717) is 19.6 Å². The summed E-state index contributed by atoms with van der Waals surface area (Å²) in [5.41, 5.74) is -1.86. The average Bonchev–Trinajstić information content (AvgIpc) is 3.15. The minimum Gasteiger partial charge on any atom is -0.444 e. The van der Waals surface area contributed by atoms with E-state index in [4.69, 9.17) is 13.9 Å². The maximum Gasteiger partial charge on any atom is 0.412 e. The van der Waals surface area contributed by atoms with Gasteiger partial charge in [-0.25, -0.2) is 9.59 Å². The molecule has 32 heavy (non-hydrogen) atoms. The molecule has 2 saturated heterocycles. The van der Waals surface area contributed by atoms with Crippen molar-refractivity contribution in [2.45, 2.75) is 105 Å². The molecule has 0 spiro atoms. The zero-order valence-corrected chi connectivity index (χ0v) is 23.4. The zero-order valence-electron chi connectivity index (χ0n) is 22.2. The molecular weight excluding hydrogens is 424 g/mol. The second kappa shape index (κ2) is 9.16. The third-order valence-corrected chi connectivity index (χ3v) is 7.03. The molecule has 1 unspecified atom stereocenters. The van der Waals surface area contributed by atoms with E-state index in [1.54, 1.807) is 4.90 Å². The van der Waals surface area contributed by atoms with Crippen LogP contribution in [0, 0.1) is 17.3 Å². The third kappa shape index (κ3) is 6.62. The lowest BCUT2D eigenvalue weighted by Gasteiger charge is -2.44. The first-order chi connectivity index (χ1) is 14.3. The summed E-state index contributed by atoms with van der Waals surface area (Å²) < 4.78 is 18.2. The Morgan fingerprint density at radius 3 is 1.88 bits per heavy atom. The van der Waals surface area contributed by atoms with Gasteiger partial charge in [-0.15, -0.1) is 0 Å². The van der Waals surface area contributed by atoms with Crippen molar-refractivity contribution in [3.63, 3.8) is 0 Å². The van der Waals surface area contributed by atoms with Gasteiger partial charge in [-0.2, -0.15) is 0 Å². The molecule has 0 aliphatic carbocycles. The molecule has 2 aliphatic rings. The summed E-state index contributed by atoms with van der Waals surface area (Å²) >= 11 is 0. The summed E-state index contributed by atoms with van der Waals surface area (Å²) in [5.74, 6) is 0.295. The average molecular weight is 471 g/mol. The van der Waals surface area contributed by atoms with Crippen LogP contribution in [-0.4, -0.2) is 67.6 Å². The number of hydrogen-bond donors (Lipinski definition) is 0. The Balaban J connectivity index is 2.39. The van der Waals surface area contributed by atoms with Crippen LogP contribution >= 0.6 is 0 Å². The molecule has 0 radical (unpaired) electrons. The Morgan fingerprint density at radius 1 is 0.875 bits per heavy atom. The van der Waals surface area contributed by atoms with Gasteiger partial charge < -0.3 is 18.8 Å². The first kappa shape index (κ1) is 27.0. The van der Waals surface area contributed by atoms with Gasteiger partial charge in [0.15, 0.2) is 9.04 Å². The van der Waals surface area contributed by atoms with Crippen LogP contribution in [0.5, 0.6) is 0 Å². The first-order valence-electron chi connectivity index (χ1n) is 12.0. The Morgan fingerprint density at radius 2 is 1.41 bits per heavy atom. The van der Waals surface area contributed by atoms with E-state index in [9.17, 15) is 9.59 Å². The highest BCUT2D eigenvalue weighted by molar-refractivity contribution is 6.48. The van der Waals surface area contributed by atoms with Gasteiger partial charge >= 0.3 is 12.2 Å². The minimum atomic E-state index is -1.52. The summed E-state index contributed by atoms with van der Waals surface area (Å²) in [6.07, 6.45) is 0.908.